The van der Waals surface area contributed by atoms with Gasteiger partial charge in [-0.05, 0) is 53.4 Å². The fourth-order valence-electron chi connectivity index (χ4n) is 3.69. The van der Waals surface area contributed by atoms with Crippen LogP contribution in [-0.4, -0.2) is 65.2 Å². The average Bonchev–Trinajstić information content (AvgIpc) is 3.09. The summed E-state index contributed by atoms with van der Waals surface area (Å²) in [6.45, 7) is 0.938. The van der Waals surface area contributed by atoms with Gasteiger partial charge in [0.05, 0.1) is 17.3 Å². The maximum Gasteiger partial charge on any atom is 0.407 e. The minimum atomic E-state index is -0.635. The van der Waals surface area contributed by atoms with E-state index in [1.807, 2.05) is 25.1 Å². The van der Waals surface area contributed by atoms with E-state index >= 15 is 0 Å². The zero-order chi connectivity index (χ0) is 24.7. The van der Waals surface area contributed by atoms with Crippen LogP contribution in [0.25, 0.3) is 11.1 Å². The minimum absolute atomic E-state index is 0.0452. The number of fused-ring (bicyclic) bond motifs is 3. The normalized spacial score (nSPS) is 14.5. The number of aliphatic hydroxyl groups is 2. The molecule has 3 amide bonds. The lowest BCUT2D eigenvalue weighted by Crippen LogP contribution is -2.30. The molecule has 1 aliphatic rings. The largest absolute Gasteiger partial charge is 0.449 e. The van der Waals surface area contributed by atoms with Crippen LogP contribution in [0, 0.1) is 0 Å². The molecule has 3 rings (SSSR count). The molecule has 0 bridgehead atoms. The Bertz CT molecular complexity index is 1060. The fraction of sp³-hybridized carbons (Fsp3) is 0.348. The van der Waals surface area contributed by atoms with Crippen molar-refractivity contribution in [2.45, 2.75) is 16.9 Å². The van der Waals surface area contributed by atoms with Gasteiger partial charge in [-0.15, -0.1) is 0 Å². The van der Waals surface area contributed by atoms with Crippen LogP contribution >= 0.6 is 22.6 Å². The predicted octanol–water partition coefficient (Wildman–Crippen LogP) is 2.18. The zero-order valence-corrected chi connectivity index (χ0v) is 20.6. The zero-order valence-electron chi connectivity index (χ0n) is 18.5. The number of alkyl halides is 1. The van der Waals surface area contributed by atoms with Crippen LogP contribution in [0.15, 0.2) is 36.4 Å². The molecule has 2 atom stereocenters. The third-order valence-corrected chi connectivity index (χ3v) is 5.33. The molecule has 182 valence electrons. The van der Waals surface area contributed by atoms with Gasteiger partial charge in [-0.25, -0.2) is 4.79 Å². The Morgan fingerprint density at radius 3 is 2.12 bits per heavy atom. The van der Waals surface area contributed by atoms with E-state index in [1.165, 1.54) is 0 Å². The molecule has 0 saturated heterocycles. The summed E-state index contributed by atoms with van der Waals surface area (Å²) in [5.74, 6) is -1.23. The molecular weight excluding hydrogens is 557 g/mol. The van der Waals surface area contributed by atoms with Crippen molar-refractivity contribution in [3.8, 4) is 11.1 Å². The van der Waals surface area contributed by atoms with Gasteiger partial charge < -0.3 is 35.6 Å². The predicted molar refractivity (Wildman–Crippen MR) is 134 cm³/mol. The van der Waals surface area contributed by atoms with Gasteiger partial charge in [-0.1, -0.05) is 34.7 Å². The number of carbonyl (C=O) groups excluding carboxylic acids is 3. The third kappa shape index (κ3) is 6.65. The number of anilines is 2. The summed E-state index contributed by atoms with van der Waals surface area (Å²) in [6, 6.07) is 10.8. The summed E-state index contributed by atoms with van der Waals surface area (Å²) in [7, 11) is 0. The molecule has 2 unspecified atom stereocenters. The van der Waals surface area contributed by atoms with Gasteiger partial charge in [0.15, 0.2) is 0 Å². The van der Waals surface area contributed by atoms with Gasteiger partial charge in [0.1, 0.15) is 19.8 Å². The maximum absolute atomic E-state index is 12.1. The molecule has 11 heteroatoms. The minimum Gasteiger partial charge on any atom is -0.449 e. The van der Waals surface area contributed by atoms with E-state index in [1.54, 1.807) is 18.2 Å². The van der Waals surface area contributed by atoms with Crippen LogP contribution in [0.1, 0.15) is 24.0 Å². The Hall–Kier alpha value is -2.74. The van der Waals surface area contributed by atoms with Gasteiger partial charge in [0, 0.05) is 17.3 Å². The Kier molecular flexibility index (Phi) is 9.21. The molecule has 0 spiro atoms. The number of aliphatic hydroxyl groups excluding tert-OH is 2. The highest BCUT2D eigenvalue weighted by Gasteiger charge is 2.31. The van der Waals surface area contributed by atoms with Gasteiger partial charge in [0.25, 0.3) is 0 Å². The van der Waals surface area contributed by atoms with Gasteiger partial charge in [-0.3, -0.25) is 9.59 Å². The van der Waals surface area contributed by atoms with Crippen LogP contribution in [0.3, 0.4) is 0 Å². The monoisotopic (exact) mass is 583 g/mol. The lowest BCUT2D eigenvalue weighted by molar-refractivity contribution is -0.121. The number of carbonyl (C=O) groups is 3. The molecule has 1 aliphatic carbocycles. The molecule has 34 heavy (non-hydrogen) atoms. The molecule has 0 aromatic heterocycles. The first-order chi connectivity index (χ1) is 16.3. The second-order valence-electron chi connectivity index (χ2n) is 7.55. The van der Waals surface area contributed by atoms with E-state index in [4.69, 9.17) is 19.7 Å². The lowest BCUT2D eigenvalue weighted by atomic mass is 9.97. The van der Waals surface area contributed by atoms with Crippen molar-refractivity contribution in [1.82, 2.24) is 5.32 Å². The first kappa shape index (κ1) is 25.9. The summed E-state index contributed by atoms with van der Waals surface area (Å²) in [5.41, 5.74) is 4.59. The van der Waals surface area contributed by atoms with Crippen LogP contribution in [-0.2, 0) is 19.1 Å². The Morgan fingerprint density at radius 2 is 1.59 bits per heavy atom. The van der Waals surface area contributed by atoms with Gasteiger partial charge >= 0.3 is 6.09 Å². The number of nitrogens with one attached hydrogen (secondary N) is 3. The molecule has 0 aliphatic heterocycles. The smallest absolute Gasteiger partial charge is 0.407 e. The van der Waals surface area contributed by atoms with E-state index < -0.39 is 18.6 Å². The molecule has 2 aromatic rings. The third-order valence-electron chi connectivity index (χ3n) is 5.02. The molecule has 0 saturated carbocycles. The van der Waals surface area contributed by atoms with Crippen molar-refractivity contribution < 1.29 is 34.1 Å². The molecule has 2 aromatic carbocycles. The lowest BCUT2D eigenvalue weighted by Gasteiger charge is -2.17. The van der Waals surface area contributed by atoms with Crippen LogP contribution in [0.5, 0.6) is 0 Å². The molecule has 0 heterocycles. The van der Waals surface area contributed by atoms with Crippen molar-refractivity contribution >= 4 is 51.9 Å². The number of halogens is 1. The summed E-state index contributed by atoms with van der Waals surface area (Å²) >= 11 is 2.06. The highest BCUT2D eigenvalue weighted by atomic mass is 127. The van der Waals surface area contributed by atoms with Gasteiger partial charge in [0.2, 0.25) is 11.8 Å². The summed E-state index contributed by atoms with van der Waals surface area (Å²) < 4.78 is 10.4. The number of alkyl carbamates (subject to hydrolysis) is 1. The molecule has 5 N–H and O–H groups in total. The van der Waals surface area contributed by atoms with E-state index in [-0.39, 0.29) is 42.3 Å². The number of hydrogen-bond acceptors (Lipinski definition) is 7. The average molecular weight is 583 g/mol. The fourth-order valence-corrected chi connectivity index (χ4v) is 3.94. The number of amides is 3. The van der Waals surface area contributed by atoms with Crippen molar-refractivity contribution in [1.29, 1.82) is 0 Å². The molecular formula is C23H26IN3O7. The van der Waals surface area contributed by atoms with Crippen molar-refractivity contribution in [2.75, 3.05) is 43.7 Å². The van der Waals surface area contributed by atoms with E-state index in [0.717, 1.165) is 22.3 Å². The van der Waals surface area contributed by atoms with Crippen molar-refractivity contribution in [2.24, 2.45) is 0 Å². The van der Waals surface area contributed by atoms with Crippen LogP contribution in [0.4, 0.5) is 16.2 Å². The first-order valence-corrected chi connectivity index (χ1v) is 11.8. The molecule has 0 fully saturated rings. The first-order valence-electron chi connectivity index (χ1n) is 10.6. The highest BCUT2D eigenvalue weighted by Crippen LogP contribution is 2.46. The highest BCUT2D eigenvalue weighted by molar-refractivity contribution is 14.1. The number of ether oxygens (including phenoxy) is 2. The van der Waals surface area contributed by atoms with Crippen LogP contribution < -0.4 is 16.0 Å². The van der Waals surface area contributed by atoms with Crippen LogP contribution in [0.2, 0.25) is 0 Å². The molecule has 10 nitrogen and oxygen atoms in total. The van der Waals surface area contributed by atoms with E-state index in [2.05, 4.69) is 38.5 Å². The Balaban J connectivity index is 1.87. The summed E-state index contributed by atoms with van der Waals surface area (Å²) in [6.07, 6.45) is -0.549. The number of benzene rings is 2. The summed E-state index contributed by atoms with van der Waals surface area (Å²) in [4.78, 5) is 35.9. The topological polar surface area (TPSA) is 146 Å². The molecule has 0 radical (unpaired) electrons. The maximum atomic E-state index is 12.1. The second-order valence-corrected chi connectivity index (χ2v) is 9.41. The second kappa shape index (κ2) is 12.1. The summed E-state index contributed by atoms with van der Waals surface area (Å²) in [5, 5.41) is 25.9. The van der Waals surface area contributed by atoms with Crippen molar-refractivity contribution in [3.05, 3.63) is 47.5 Å². The van der Waals surface area contributed by atoms with Crippen molar-refractivity contribution in [3.63, 3.8) is 0 Å². The number of rotatable bonds is 10. The van der Waals surface area contributed by atoms with Gasteiger partial charge in [-0.2, -0.15) is 0 Å². The van der Waals surface area contributed by atoms with E-state index in [9.17, 15) is 14.4 Å². The quantitative estimate of drug-likeness (QED) is 0.125. The SMILES string of the molecule is CC(I)NC(=O)OCC1c2cc(NC(=O)CO)ccc2-c2ccc(NC(=O)COCCO)cc21. The Morgan fingerprint density at radius 1 is 1.00 bits per heavy atom. The Labute approximate surface area is 210 Å². The van der Waals surface area contributed by atoms with E-state index in [0.29, 0.717) is 11.4 Å². The standard InChI is InChI=1S/C23H26IN3O7/c1-13(24)25-23(32)34-11-20-18-8-14(26-21(30)10-29)2-4-16(18)17-5-3-15(9-19(17)20)27-22(31)12-33-7-6-28/h2-5,8-9,13,20,28-29H,6-7,10-12H2,1H3,(H,25,32)(H,26,30)(H,27,31). The number of hydrogen-bond donors (Lipinski definition) is 5.